The number of amides is 1. The molecule has 0 heterocycles. The Hall–Kier alpha value is -1.50. The lowest BCUT2D eigenvalue weighted by molar-refractivity contribution is -0.115. The lowest BCUT2D eigenvalue weighted by Gasteiger charge is -2.06. The first kappa shape index (κ1) is 13.6. The van der Waals surface area contributed by atoms with Crippen LogP contribution in [0.2, 0.25) is 5.02 Å². The number of benzene rings is 1. The Morgan fingerprint density at radius 1 is 1.53 bits per heavy atom. The Labute approximate surface area is 106 Å². The number of hydrogen-bond donors (Lipinski definition) is 2. The monoisotopic (exact) mass is 251 g/mol. The van der Waals surface area contributed by atoms with Crippen molar-refractivity contribution in [1.82, 2.24) is 0 Å². The van der Waals surface area contributed by atoms with E-state index < -0.39 is 0 Å². The van der Waals surface area contributed by atoms with Crippen molar-refractivity contribution >= 4 is 23.2 Å². The van der Waals surface area contributed by atoms with Crippen molar-refractivity contribution < 1.29 is 9.90 Å². The highest BCUT2D eigenvalue weighted by atomic mass is 35.5. The van der Waals surface area contributed by atoms with Gasteiger partial charge in [0.2, 0.25) is 5.91 Å². The standard InChI is InChI=1S/C13H14ClNO2/c1-2-13(17)15-12-9-11(14)7-6-10(12)5-3-4-8-16/h6-7,9,16H,2,4,8H2,1H3,(H,15,17). The summed E-state index contributed by atoms with van der Waals surface area (Å²) in [5.74, 6) is 5.61. The topological polar surface area (TPSA) is 49.3 Å². The molecule has 0 aliphatic carbocycles. The quantitative estimate of drug-likeness (QED) is 0.811. The van der Waals surface area contributed by atoms with Gasteiger partial charge >= 0.3 is 0 Å². The van der Waals surface area contributed by atoms with Gasteiger partial charge < -0.3 is 10.4 Å². The molecule has 4 heteroatoms. The molecular formula is C13H14ClNO2. The number of nitrogens with one attached hydrogen (secondary N) is 1. The maximum atomic E-state index is 11.3. The number of halogens is 1. The van der Waals surface area contributed by atoms with Crippen LogP contribution in [0.1, 0.15) is 25.3 Å². The molecule has 0 unspecified atom stereocenters. The summed E-state index contributed by atoms with van der Waals surface area (Å²) < 4.78 is 0. The zero-order valence-corrected chi connectivity index (χ0v) is 10.3. The normalized spacial score (nSPS) is 9.35. The van der Waals surface area contributed by atoms with E-state index in [1.165, 1.54) is 0 Å². The van der Waals surface area contributed by atoms with E-state index in [1.54, 1.807) is 25.1 Å². The number of aliphatic hydroxyl groups excluding tert-OH is 1. The summed E-state index contributed by atoms with van der Waals surface area (Å²) in [6.45, 7) is 1.80. The Bertz CT molecular complexity index is 460. The second-order valence-corrected chi connectivity index (χ2v) is 3.80. The molecule has 0 aliphatic rings. The van der Waals surface area contributed by atoms with Crippen molar-refractivity contribution in [2.45, 2.75) is 19.8 Å². The third-order valence-electron chi connectivity index (χ3n) is 2.04. The fourth-order valence-corrected chi connectivity index (χ4v) is 1.35. The molecule has 0 atom stereocenters. The minimum absolute atomic E-state index is 0.0250. The molecule has 0 aromatic heterocycles. The SMILES string of the molecule is CCC(=O)Nc1cc(Cl)ccc1C#CCCO. The van der Waals surface area contributed by atoms with E-state index >= 15 is 0 Å². The zero-order valence-electron chi connectivity index (χ0n) is 9.59. The third kappa shape index (κ3) is 4.48. The molecule has 0 fully saturated rings. The van der Waals surface area contributed by atoms with Crippen LogP contribution in [0.15, 0.2) is 18.2 Å². The summed E-state index contributed by atoms with van der Waals surface area (Å²) in [6, 6.07) is 5.13. The third-order valence-corrected chi connectivity index (χ3v) is 2.27. The fraction of sp³-hybridized carbons (Fsp3) is 0.308. The van der Waals surface area contributed by atoms with E-state index in [0.29, 0.717) is 29.1 Å². The Morgan fingerprint density at radius 3 is 2.94 bits per heavy atom. The van der Waals surface area contributed by atoms with Gasteiger partial charge in [-0.2, -0.15) is 0 Å². The van der Waals surface area contributed by atoms with Gasteiger partial charge in [-0.05, 0) is 18.2 Å². The van der Waals surface area contributed by atoms with Gasteiger partial charge in [0.15, 0.2) is 0 Å². The molecule has 0 spiro atoms. The van der Waals surface area contributed by atoms with E-state index in [-0.39, 0.29) is 12.5 Å². The van der Waals surface area contributed by atoms with E-state index in [4.69, 9.17) is 16.7 Å². The molecule has 3 nitrogen and oxygen atoms in total. The largest absolute Gasteiger partial charge is 0.395 e. The molecule has 90 valence electrons. The van der Waals surface area contributed by atoms with Crippen LogP contribution in [0.5, 0.6) is 0 Å². The second-order valence-electron chi connectivity index (χ2n) is 3.37. The summed E-state index contributed by atoms with van der Waals surface area (Å²) in [6.07, 6.45) is 0.805. The highest BCUT2D eigenvalue weighted by Gasteiger charge is 2.04. The van der Waals surface area contributed by atoms with Gasteiger partial charge in [-0.15, -0.1) is 0 Å². The number of carbonyl (C=O) groups is 1. The maximum absolute atomic E-state index is 11.3. The number of rotatable bonds is 3. The van der Waals surface area contributed by atoms with E-state index in [9.17, 15) is 4.79 Å². The fourth-order valence-electron chi connectivity index (χ4n) is 1.18. The molecule has 1 aromatic rings. The van der Waals surface area contributed by atoms with Crippen LogP contribution in [0, 0.1) is 11.8 Å². The predicted molar refractivity (Wildman–Crippen MR) is 69.0 cm³/mol. The van der Waals surface area contributed by atoms with Crippen molar-refractivity contribution in [3.8, 4) is 11.8 Å². The molecule has 1 aromatic carbocycles. The van der Waals surface area contributed by atoms with Crippen molar-refractivity contribution in [3.05, 3.63) is 28.8 Å². The minimum atomic E-state index is -0.0857. The van der Waals surface area contributed by atoms with Crippen LogP contribution in [0.4, 0.5) is 5.69 Å². The van der Waals surface area contributed by atoms with Crippen LogP contribution < -0.4 is 5.32 Å². The summed E-state index contributed by atoms with van der Waals surface area (Å²) in [5.41, 5.74) is 1.31. The maximum Gasteiger partial charge on any atom is 0.224 e. The van der Waals surface area contributed by atoms with Gasteiger partial charge in [0.1, 0.15) is 0 Å². The molecule has 17 heavy (non-hydrogen) atoms. The van der Waals surface area contributed by atoms with E-state index in [1.807, 2.05) is 0 Å². The number of aliphatic hydroxyl groups is 1. The lowest BCUT2D eigenvalue weighted by Crippen LogP contribution is -2.10. The molecule has 1 amide bonds. The van der Waals surface area contributed by atoms with Gasteiger partial charge in [0, 0.05) is 23.4 Å². The molecule has 0 radical (unpaired) electrons. The minimum Gasteiger partial charge on any atom is -0.395 e. The summed E-state index contributed by atoms with van der Waals surface area (Å²) in [4.78, 5) is 11.3. The smallest absolute Gasteiger partial charge is 0.224 e. The number of anilines is 1. The average molecular weight is 252 g/mol. The van der Waals surface area contributed by atoms with Gasteiger partial charge in [-0.25, -0.2) is 0 Å². The van der Waals surface area contributed by atoms with E-state index in [2.05, 4.69) is 17.2 Å². The van der Waals surface area contributed by atoms with Crippen molar-refractivity contribution in [3.63, 3.8) is 0 Å². The second kappa shape index (κ2) is 6.95. The molecule has 0 saturated heterocycles. The van der Waals surface area contributed by atoms with Gasteiger partial charge in [-0.1, -0.05) is 30.4 Å². The number of carbonyl (C=O) groups excluding carboxylic acids is 1. The van der Waals surface area contributed by atoms with Crippen LogP contribution in [0.25, 0.3) is 0 Å². The van der Waals surface area contributed by atoms with E-state index in [0.717, 1.165) is 0 Å². The van der Waals surface area contributed by atoms with Crippen LogP contribution in [-0.2, 0) is 4.79 Å². The molecule has 0 saturated carbocycles. The first-order valence-corrected chi connectivity index (χ1v) is 5.74. The van der Waals surface area contributed by atoms with Crippen molar-refractivity contribution in [2.75, 3.05) is 11.9 Å². The number of hydrogen-bond acceptors (Lipinski definition) is 2. The van der Waals surface area contributed by atoms with Crippen molar-refractivity contribution in [2.24, 2.45) is 0 Å². The highest BCUT2D eigenvalue weighted by Crippen LogP contribution is 2.20. The average Bonchev–Trinajstić information content (AvgIpc) is 2.32. The van der Waals surface area contributed by atoms with Crippen LogP contribution in [-0.4, -0.2) is 17.6 Å². The summed E-state index contributed by atoms with van der Waals surface area (Å²) >= 11 is 5.87. The molecule has 1 rings (SSSR count). The van der Waals surface area contributed by atoms with Crippen LogP contribution in [0.3, 0.4) is 0 Å². The zero-order chi connectivity index (χ0) is 12.7. The molecule has 0 aliphatic heterocycles. The molecular weight excluding hydrogens is 238 g/mol. The Kier molecular flexibility index (Phi) is 5.55. The first-order chi connectivity index (χ1) is 8.17. The van der Waals surface area contributed by atoms with Gasteiger partial charge in [0.25, 0.3) is 0 Å². The van der Waals surface area contributed by atoms with Crippen LogP contribution >= 0.6 is 11.6 Å². The first-order valence-electron chi connectivity index (χ1n) is 5.36. The van der Waals surface area contributed by atoms with Gasteiger partial charge in [0.05, 0.1) is 12.3 Å². The lowest BCUT2D eigenvalue weighted by atomic mass is 10.1. The summed E-state index contributed by atoms with van der Waals surface area (Å²) in [5, 5.41) is 11.9. The predicted octanol–water partition coefficient (Wildman–Crippen LogP) is 2.42. The molecule has 0 bridgehead atoms. The highest BCUT2D eigenvalue weighted by molar-refractivity contribution is 6.31. The van der Waals surface area contributed by atoms with Gasteiger partial charge in [-0.3, -0.25) is 4.79 Å². The Balaban J connectivity index is 2.96. The van der Waals surface area contributed by atoms with Crippen molar-refractivity contribution in [1.29, 1.82) is 0 Å². The summed E-state index contributed by atoms with van der Waals surface area (Å²) in [7, 11) is 0. The Morgan fingerprint density at radius 2 is 2.29 bits per heavy atom. The molecule has 2 N–H and O–H groups in total.